The molecule has 9 aromatic rings. The summed E-state index contributed by atoms with van der Waals surface area (Å²) in [5.74, 6) is 1.55. The van der Waals surface area contributed by atoms with Gasteiger partial charge in [-0.25, -0.2) is 0 Å². The van der Waals surface area contributed by atoms with Crippen LogP contribution in [-0.2, 0) is 5.41 Å². The Morgan fingerprint density at radius 3 is 1.65 bits per heavy atom. The second-order valence-electron chi connectivity index (χ2n) is 13.7. The number of nitrogens with zero attached hydrogens (tertiary/aromatic N) is 1. The van der Waals surface area contributed by atoms with Crippen LogP contribution in [-0.4, -0.2) is 4.57 Å². The molecule has 0 radical (unpaired) electrons. The van der Waals surface area contributed by atoms with Crippen LogP contribution < -0.4 is 4.74 Å². The van der Waals surface area contributed by atoms with E-state index in [1.807, 2.05) is 12.1 Å². The van der Waals surface area contributed by atoms with Crippen LogP contribution in [0.1, 0.15) is 22.3 Å². The van der Waals surface area contributed by atoms with E-state index in [9.17, 15) is 0 Å². The molecule has 244 valence electrons. The number of halogens is 1. The maximum atomic E-state index is 6.75. The van der Waals surface area contributed by atoms with E-state index in [4.69, 9.17) is 4.74 Å². The van der Waals surface area contributed by atoms with Crippen LogP contribution in [0.5, 0.6) is 11.5 Å². The van der Waals surface area contributed by atoms with Gasteiger partial charge in [-0.3, -0.25) is 0 Å². The molecule has 0 bridgehead atoms. The van der Waals surface area contributed by atoms with Crippen LogP contribution in [0.4, 0.5) is 0 Å². The zero-order valence-electron chi connectivity index (χ0n) is 28.1. The summed E-state index contributed by atoms with van der Waals surface area (Å²) in [6.45, 7) is 0. The minimum absolute atomic E-state index is 0.374. The molecule has 2 nitrogen and oxygen atoms in total. The fourth-order valence-corrected chi connectivity index (χ4v) is 9.69. The fourth-order valence-electron chi connectivity index (χ4n) is 9.17. The Labute approximate surface area is 310 Å². The SMILES string of the molecule is Brc1c(Oc2cccc(-c3cccc4c3-c3ccccc3C43c4ccccc4-c4ccccc43)c2)cccc1-n1c2ccccc2c2ccccc21. The average molecular weight is 729 g/mol. The van der Waals surface area contributed by atoms with Crippen molar-refractivity contribution in [2.75, 3.05) is 0 Å². The molecular formula is C49H30BrNO. The number of aromatic nitrogens is 1. The molecule has 0 saturated carbocycles. The van der Waals surface area contributed by atoms with Crippen LogP contribution in [0.25, 0.3) is 60.9 Å². The van der Waals surface area contributed by atoms with Gasteiger partial charge in [0.05, 0.1) is 26.6 Å². The summed E-state index contributed by atoms with van der Waals surface area (Å²) >= 11 is 3.97. The first-order chi connectivity index (χ1) is 25.7. The summed E-state index contributed by atoms with van der Waals surface area (Å²) in [7, 11) is 0. The highest BCUT2D eigenvalue weighted by Crippen LogP contribution is 2.64. The highest BCUT2D eigenvalue weighted by atomic mass is 79.9. The van der Waals surface area contributed by atoms with Gasteiger partial charge in [0.25, 0.3) is 0 Å². The number of hydrogen-bond donors (Lipinski definition) is 0. The molecule has 0 atom stereocenters. The maximum Gasteiger partial charge on any atom is 0.143 e. The van der Waals surface area contributed by atoms with Crippen molar-refractivity contribution in [2.24, 2.45) is 0 Å². The van der Waals surface area contributed by atoms with Gasteiger partial charge in [-0.1, -0.05) is 146 Å². The largest absolute Gasteiger partial charge is 0.456 e. The maximum absolute atomic E-state index is 6.75. The third-order valence-corrected chi connectivity index (χ3v) is 12.0. The van der Waals surface area contributed by atoms with E-state index >= 15 is 0 Å². The molecule has 8 aromatic carbocycles. The van der Waals surface area contributed by atoms with Gasteiger partial charge in [-0.2, -0.15) is 0 Å². The lowest BCUT2D eigenvalue weighted by atomic mass is 9.70. The van der Waals surface area contributed by atoms with Crippen molar-refractivity contribution in [1.29, 1.82) is 0 Å². The van der Waals surface area contributed by atoms with E-state index < -0.39 is 0 Å². The second-order valence-corrected chi connectivity index (χ2v) is 14.5. The van der Waals surface area contributed by atoms with Crippen molar-refractivity contribution in [3.63, 3.8) is 0 Å². The first-order valence-electron chi connectivity index (χ1n) is 17.7. The van der Waals surface area contributed by atoms with Gasteiger partial charge in [-0.05, 0) is 108 Å². The van der Waals surface area contributed by atoms with Crippen molar-refractivity contribution in [3.05, 3.63) is 209 Å². The van der Waals surface area contributed by atoms with Crippen LogP contribution in [0.3, 0.4) is 0 Å². The Morgan fingerprint density at radius 1 is 0.442 bits per heavy atom. The molecule has 0 fully saturated rings. The molecule has 0 saturated heterocycles. The molecule has 1 heterocycles. The number of ether oxygens (including phenoxy) is 1. The smallest absolute Gasteiger partial charge is 0.143 e. The van der Waals surface area contributed by atoms with Gasteiger partial charge < -0.3 is 9.30 Å². The first kappa shape index (κ1) is 29.6. The van der Waals surface area contributed by atoms with Gasteiger partial charge in [0.2, 0.25) is 0 Å². The van der Waals surface area contributed by atoms with Crippen molar-refractivity contribution >= 4 is 37.7 Å². The summed E-state index contributed by atoms with van der Waals surface area (Å²) in [5, 5.41) is 2.46. The molecule has 3 heteroatoms. The number of benzene rings is 8. The molecule has 0 amide bonds. The van der Waals surface area contributed by atoms with Crippen LogP contribution in [0.15, 0.2) is 186 Å². The molecule has 0 aliphatic heterocycles. The minimum atomic E-state index is -0.374. The Balaban J connectivity index is 1.05. The normalized spacial score (nSPS) is 13.2. The Morgan fingerprint density at radius 2 is 0.962 bits per heavy atom. The fraction of sp³-hybridized carbons (Fsp3) is 0.0204. The zero-order valence-corrected chi connectivity index (χ0v) is 29.6. The van der Waals surface area contributed by atoms with E-state index in [0.29, 0.717) is 0 Å². The average Bonchev–Trinajstić information content (AvgIpc) is 3.81. The number of hydrogen-bond acceptors (Lipinski definition) is 1. The zero-order chi connectivity index (χ0) is 34.4. The Bertz CT molecular complexity index is 2820. The quantitative estimate of drug-likeness (QED) is 0.176. The third-order valence-electron chi connectivity index (χ3n) is 11.2. The lowest BCUT2D eigenvalue weighted by Crippen LogP contribution is -2.25. The predicted octanol–water partition coefficient (Wildman–Crippen LogP) is 13.3. The monoisotopic (exact) mass is 727 g/mol. The molecular weight excluding hydrogens is 698 g/mol. The summed E-state index contributed by atoms with van der Waals surface area (Å²) in [6, 6.07) is 65.7. The van der Waals surface area contributed by atoms with Crippen molar-refractivity contribution in [2.45, 2.75) is 5.41 Å². The highest BCUT2D eigenvalue weighted by molar-refractivity contribution is 9.10. The minimum Gasteiger partial charge on any atom is -0.456 e. The summed E-state index contributed by atoms with van der Waals surface area (Å²) in [6.07, 6.45) is 0. The number of para-hydroxylation sites is 2. The molecule has 1 aromatic heterocycles. The molecule has 1 spiro atoms. The van der Waals surface area contributed by atoms with Gasteiger partial charge in [-0.15, -0.1) is 0 Å². The molecule has 2 aliphatic rings. The molecule has 2 aliphatic carbocycles. The van der Waals surface area contributed by atoms with Crippen molar-refractivity contribution < 1.29 is 4.74 Å². The lowest BCUT2D eigenvalue weighted by Gasteiger charge is -2.30. The van der Waals surface area contributed by atoms with E-state index in [2.05, 4.69) is 190 Å². The van der Waals surface area contributed by atoms with Gasteiger partial charge in [0.1, 0.15) is 11.5 Å². The van der Waals surface area contributed by atoms with Crippen LogP contribution in [0.2, 0.25) is 0 Å². The van der Waals surface area contributed by atoms with Gasteiger partial charge in [0.15, 0.2) is 0 Å². The van der Waals surface area contributed by atoms with Crippen molar-refractivity contribution in [1.82, 2.24) is 4.57 Å². The van der Waals surface area contributed by atoms with E-state index in [1.54, 1.807) is 0 Å². The molecule has 52 heavy (non-hydrogen) atoms. The standard InChI is InChI=1S/C49H30BrNO/c50-48-45(51-43-26-9-4-18-36(43)37-19-5-10-27-44(37)51)28-13-29-46(48)52-32-15-11-14-31(30-32)33-21-12-25-42-47(33)38-20-3-8-24-41(38)49(42)39-22-6-1-16-34(39)35-17-2-7-23-40(35)49/h1-30H. The summed E-state index contributed by atoms with van der Waals surface area (Å²) in [4.78, 5) is 0. The van der Waals surface area contributed by atoms with Crippen molar-refractivity contribution in [3.8, 4) is 50.6 Å². The van der Waals surface area contributed by atoms with Crippen LogP contribution >= 0.6 is 15.9 Å². The first-order valence-corrected chi connectivity index (χ1v) is 18.5. The van der Waals surface area contributed by atoms with Gasteiger partial charge >= 0.3 is 0 Å². The predicted molar refractivity (Wildman–Crippen MR) is 217 cm³/mol. The summed E-state index contributed by atoms with van der Waals surface area (Å²) < 4.78 is 9.97. The van der Waals surface area contributed by atoms with Gasteiger partial charge in [0, 0.05) is 10.8 Å². The van der Waals surface area contributed by atoms with E-state index in [-0.39, 0.29) is 5.41 Å². The molecule has 11 rings (SSSR count). The van der Waals surface area contributed by atoms with Crippen LogP contribution in [0, 0.1) is 0 Å². The summed E-state index contributed by atoms with van der Waals surface area (Å²) in [5.41, 5.74) is 15.9. The van der Waals surface area contributed by atoms with E-state index in [1.165, 1.54) is 60.8 Å². The molecule has 0 unspecified atom stereocenters. The van der Waals surface area contributed by atoms with E-state index in [0.717, 1.165) is 38.3 Å². The highest BCUT2D eigenvalue weighted by Gasteiger charge is 2.51. The third kappa shape index (κ3) is 3.94. The Hall–Kier alpha value is -6.16. The number of rotatable bonds is 4. The Kier molecular flexibility index (Phi) is 6.35. The molecule has 0 N–H and O–H groups in total. The lowest BCUT2D eigenvalue weighted by molar-refractivity contribution is 0.479. The topological polar surface area (TPSA) is 14.2 Å². The number of fused-ring (bicyclic) bond motifs is 13. The second kappa shape index (κ2) is 11.2.